The molecule has 0 amide bonds. The molecule has 0 unspecified atom stereocenters. The number of hydrogen-bond acceptors (Lipinski definition) is 5. The van der Waals surface area contributed by atoms with Gasteiger partial charge in [0.05, 0.1) is 12.4 Å². The zero-order valence-electron chi connectivity index (χ0n) is 9.79. The van der Waals surface area contributed by atoms with Crippen LogP contribution in [-0.2, 0) is 14.8 Å². The fraction of sp³-hybridized carbons (Fsp3) is 0.400. The van der Waals surface area contributed by atoms with Crippen molar-refractivity contribution in [3.63, 3.8) is 0 Å². The minimum Gasteiger partial charge on any atom is -0.478 e. The van der Waals surface area contributed by atoms with Crippen molar-refractivity contribution < 1.29 is 23.1 Å². The number of carboxylic acid groups (broad SMARTS) is 1. The van der Waals surface area contributed by atoms with E-state index in [9.17, 15) is 13.2 Å². The van der Waals surface area contributed by atoms with E-state index < -0.39 is 16.0 Å². The Morgan fingerprint density at radius 1 is 1.56 bits per heavy atom. The molecule has 100 valence electrons. The number of nitrogens with one attached hydrogen (secondary N) is 1. The summed E-state index contributed by atoms with van der Waals surface area (Å²) in [6, 6.07) is 2.69. The summed E-state index contributed by atoms with van der Waals surface area (Å²) in [4.78, 5) is 14.6. The second-order valence-corrected chi connectivity index (χ2v) is 5.16. The van der Waals surface area contributed by atoms with Crippen LogP contribution in [0.4, 0.5) is 5.82 Å². The first-order valence-electron chi connectivity index (χ1n) is 5.23. The SMILES string of the molecule is CCOCCS(=O)(=O)Nc1ncccc1C(=O)O. The first-order chi connectivity index (χ1) is 8.46. The number of sulfonamides is 1. The number of carboxylic acids is 1. The molecule has 0 bridgehead atoms. The number of ether oxygens (including phenoxy) is 1. The highest BCUT2D eigenvalue weighted by Gasteiger charge is 2.16. The smallest absolute Gasteiger partial charge is 0.339 e. The number of aromatic carboxylic acids is 1. The molecule has 1 rings (SSSR count). The van der Waals surface area contributed by atoms with Crippen molar-refractivity contribution in [2.45, 2.75) is 6.92 Å². The predicted octanol–water partition coefficient (Wildman–Crippen LogP) is 0.558. The Balaban J connectivity index is 2.81. The van der Waals surface area contributed by atoms with Gasteiger partial charge in [0.25, 0.3) is 0 Å². The van der Waals surface area contributed by atoms with Gasteiger partial charge in [0.15, 0.2) is 5.82 Å². The van der Waals surface area contributed by atoms with E-state index in [1.165, 1.54) is 18.3 Å². The average molecular weight is 274 g/mol. The first-order valence-corrected chi connectivity index (χ1v) is 6.88. The number of aromatic nitrogens is 1. The van der Waals surface area contributed by atoms with E-state index in [1.54, 1.807) is 6.92 Å². The van der Waals surface area contributed by atoms with Crippen LogP contribution in [0, 0.1) is 0 Å². The van der Waals surface area contributed by atoms with Crippen LogP contribution < -0.4 is 4.72 Å². The molecular formula is C10H14N2O5S. The highest BCUT2D eigenvalue weighted by Crippen LogP contribution is 2.13. The van der Waals surface area contributed by atoms with Gasteiger partial charge >= 0.3 is 5.97 Å². The second-order valence-electron chi connectivity index (χ2n) is 3.32. The lowest BCUT2D eigenvalue weighted by molar-refractivity contribution is 0.0697. The van der Waals surface area contributed by atoms with Crippen LogP contribution in [-0.4, -0.2) is 43.4 Å². The first kappa shape index (κ1) is 14.4. The molecule has 0 aliphatic heterocycles. The Morgan fingerprint density at radius 2 is 2.28 bits per heavy atom. The molecule has 0 aromatic carbocycles. The lowest BCUT2D eigenvalue weighted by Crippen LogP contribution is -2.22. The molecule has 0 aliphatic carbocycles. The van der Waals surface area contributed by atoms with E-state index >= 15 is 0 Å². The van der Waals surface area contributed by atoms with Crippen molar-refractivity contribution >= 4 is 21.8 Å². The highest BCUT2D eigenvalue weighted by molar-refractivity contribution is 7.92. The van der Waals surface area contributed by atoms with Crippen molar-refractivity contribution in [2.75, 3.05) is 23.7 Å². The maximum Gasteiger partial charge on any atom is 0.339 e. The van der Waals surface area contributed by atoms with Gasteiger partial charge in [-0.2, -0.15) is 0 Å². The molecular weight excluding hydrogens is 260 g/mol. The molecule has 1 aromatic heterocycles. The monoisotopic (exact) mass is 274 g/mol. The number of carbonyl (C=O) groups is 1. The summed E-state index contributed by atoms with van der Waals surface area (Å²) in [6.45, 7) is 2.21. The van der Waals surface area contributed by atoms with E-state index in [0.717, 1.165) is 0 Å². The zero-order chi connectivity index (χ0) is 13.6. The van der Waals surface area contributed by atoms with E-state index in [2.05, 4.69) is 9.71 Å². The van der Waals surface area contributed by atoms with Crippen LogP contribution >= 0.6 is 0 Å². The summed E-state index contributed by atoms with van der Waals surface area (Å²) in [7, 11) is -3.66. The van der Waals surface area contributed by atoms with Crippen molar-refractivity contribution in [3.05, 3.63) is 23.9 Å². The van der Waals surface area contributed by atoms with Crippen LogP contribution in [0.2, 0.25) is 0 Å². The molecule has 0 atom stereocenters. The lowest BCUT2D eigenvalue weighted by atomic mass is 10.3. The molecule has 0 spiro atoms. The van der Waals surface area contributed by atoms with E-state index in [1.807, 2.05) is 0 Å². The van der Waals surface area contributed by atoms with Crippen molar-refractivity contribution in [2.24, 2.45) is 0 Å². The van der Waals surface area contributed by atoms with Gasteiger partial charge in [-0.1, -0.05) is 0 Å². The number of hydrogen-bond donors (Lipinski definition) is 2. The lowest BCUT2D eigenvalue weighted by Gasteiger charge is -2.09. The normalized spacial score (nSPS) is 11.2. The molecule has 0 aliphatic rings. The number of anilines is 1. The molecule has 7 nitrogen and oxygen atoms in total. The summed E-state index contributed by atoms with van der Waals surface area (Å²) in [5.41, 5.74) is -0.197. The van der Waals surface area contributed by atoms with Crippen LogP contribution in [0.25, 0.3) is 0 Å². The molecule has 0 radical (unpaired) electrons. The summed E-state index contributed by atoms with van der Waals surface area (Å²) >= 11 is 0. The van der Waals surface area contributed by atoms with Gasteiger partial charge in [0, 0.05) is 12.8 Å². The minimum atomic E-state index is -3.66. The van der Waals surface area contributed by atoms with Gasteiger partial charge in [0.2, 0.25) is 10.0 Å². The van der Waals surface area contributed by atoms with Gasteiger partial charge in [-0.3, -0.25) is 4.72 Å². The maximum atomic E-state index is 11.6. The van der Waals surface area contributed by atoms with Gasteiger partial charge in [-0.25, -0.2) is 18.2 Å². The van der Waals surface area contributed by atoms with Crippen molar-refractivity contribution in [3.8, 4) is 0 Å². The van der Waals surface area contributed by atoms with Crippen LogP contribution in [0.5, 0.6) is 0 Å². The third-order valence-corrected chi connectivity index (χ3v) is 3.20. The zero-order valence-corrected chi connectivity index (χ0v) is 10.6. The standard InChI is InChI=1S/C10H14N2O5S/c1-2-17-6-7-18(15,16)12-9-8(10(13)14)4-3-5-11-9/h3-5H,2,6-7H2,1H3,(H,11,12)(H,13,14). The second kappa shape index (κ2) is 6.31. The molecule has 0 fully saturated rings. The molecule has 2 N–H and O–H groups in total. The predicted molar refractivity (Wildman–Crippen MR) is 65.1 cm³/mol. The molecule has 8 heteroatoms. The summed E-state index contributed by atoms with van der Waals surface area (Å²) in [6.07, 6.45) is 1.31. The fourth-order valence-corrected chi connectivity index (χ4v) is 2.07. The van der Waals surface area contributed by atoms with Crippen molar-refractivity contribution in [1.29, 1.82) is 0 Å². The topological polar surface area (TPSA) is 106 Å². The Bertz CT molecular complexity index is 515. The summed E-state index contributed by atoms with van der Waals surface area (Å²) in [5.74, 6) is -1.69. The average Bonchev–Trinajstić information content (AvgIpc) is 2.29. The minimum absolute atomic E-state index is 0.0427. The Labute approximate surface area is 105 Å². The summed E-state index contributed by atoms with van der Waals surface area (Å²) in [5, 5.41) is 8.88. The summed E-state index contributed by atoms with van der Waals surface area (Å²) < 4.78 is 30.3. The Morgan fingerprint density at radius 3 is 2.89 bits per heavy atom. The van der Waals surface area contributed by atoms with E-state index in [-0.39, 0.29) is 23.7 Å². The molecule has 0 saturated carbocycles. The molecule has 0 saturated heterocycles. The Kier molecular flexibility index (Phi) is 5.05. The van der Waals surface area contributed by atoms with Crippen LogP contribution in [0.15, 0.2) is 18.3 Å². The van der Waals surface area contributed by atoms with Crippen LogP contribution in [0.1, 0.15) is 17.3 Å². The maximum absolute atomic E-state index is 11.6. The number of rotatable bonds is 7. The largest absolute Gasteiger partial charge is 0.478 e. The number of pyridine rings is 1. The van der Waals surface area contributed by atoms with Crippen LogP contribution in [0.3, 0.4) is 0 Å². The van der Waals surface area contributed by atoms with Gasteiger partial charge in [-0.15, -0.1) is 0 Å². The van der Waals surface area contributed by atoms with Gasteiger partial charge in [-0.05, 0) is 19.1 Å². The van der Waals surface area contributed by atoms with Crippen molar-refractivity contribution in [1.82, 2.24) is 4.98 Å². The molecule has 18 heavy (non-hydrogen) atoms. The Hall–Kier alpha value is -1.67. The quantitative estimate of drug-likeness (QED) is 0.704. The van der Waals surface area contributed by atoms with Gasteiger partial charge < -0.3 is 9.84 Å². The fourth-order valence-electron chi connectivity index (χ4n) is 1.17. The highest BCUT2D eigenvalue weighted by atomic mass is 32.2. The van der Waals surface area contributed by atoms with E-state index in [4.69, 9.17) is 9.84 Å². The third kappa shape index (κ3) is 4.30. The molecule has 1 aromatic rings. The third-order valence-electron chi connectivity index (χ3n) is 1.99. The van der Waals surface area contributed by atoms with E-state index in [0.29, 0.717) is 6.61 Å². The number of nitrogens with zero attached hydrogens (tertiary/aromatic N) is 1. The van der Waals surface area contributed by atoms with Gasteiger partial charge in [0.1, 0.15) is 5.56 Å². The molecule has 1 heterocycles.